The fourth-order valence-electron chi connectivity index (χ4n) is 5.63. The van der Waals surface area contributed by atoms with Crippen LogP contribution in [0.2, 0.25) is 5.02 Å². The van der Waals surface area contributed by atoms with Crippen LogP contribution >= 0.6 is 11.6 Å². The van der Waals surface area contributed by atoms with Gasteiger partial charge in [0.25, 0.3) is 0 Å². The number of halogens is 1. The van der Waals surface area contributed by atoms with Crippen molar-refractivity contribution in [3.8, 4) is 16.9 Å². The molecule has 15 heteroatoms. The molecule has 272 valence electrons. The Kier molecular flexibility index (Phi) is 12.5. The maximum Gasteiger partial charge on any atom is 0.240 e. The van der Waals surface area contributed by atoms with Gasteiger partial charge in [0.05, 0.1) is 29.8 Å². The molecule has 0 bridgehead atoms. The standard InChI is InChI=1S/C35H43ClN2O11S/c36-28-12-11-24(50(46,47)37-16-5-1-2-7-29(40)32(42)34(44)33(43)30(41)20-39)18-22(28)21-48-35(14-15-35)27-19-38(45)17-13-25(27)26-6-3-4-8-31(26)49-23-9-10-23/h3-4,6,8,11-13,17-19,23,30,32-34,37,39,41-44H,1-2,5,7,9-10,14-16,20-21H2/t30-,32+,33+,34+/m0/s1. The van der Waals surface area contributed by atoms with E-state index in [0.717, 1.165) is 34.4 Å². The Labute approximate surface area is 295 Å². The van der Waals surface area contributed by atoms with Crippen LogP contribution in [0.4, 0.5) is 0 Å². The van der Waals surface area contributed by atoms with Crippen molar-refractivity contribution in [3.05, 3.63) is 82.3 Å². The van der Waals surface area contributed by atoms with E-state index >= 15 is 0 Å². The Morgan fingerprint density at radius 3 is 2.46 bits per heavy atom. The van der Waals surface area contributed by atoms with Crippen molar-refractivity contribution >= 4 is 27.4 Å². The van der Waals surface area contributed by atoms with Crippen LogP contribution in [0.15, 0.2) is 65.8 Å². The number of carbonyl (C=O) groups is 1. The summed E-state index contributed by atoms with van der Waals surface area (Å²) in [5, 5.41) is 60.5. The van der Waals surface area contributed by atoms with Crippen molar-refractivity contribution in [2.45, 2.75) is 99.0 Å². The smallest absolute Gasteiger partial charge is 0.240 e. The summed E-state index contributed by atoms with van der Waals surface area (Å²) in [7, 11) is -3.93. The number of ketones is 1. The van der Waals surface area contributed by atoms with Gasteiger partial charge < -0.3 is 40.2 Å². The number of Topliss-reactive ketones (excluding diaryl/α,β-unsaturated/α-hetero) is 1. The molecule has 2 aliphatic rings. The summed E-state index contributed by atoms with van der Waals surface area (Å²) in [6.45, 7) is -0.787. The molecule has 2 fully saturated rings. The number of aliphatic hydroxyl groups is 5. The van der Waals surface area contributed by atoms with Crippen LogP contribution in [-0.2, 0) is 31.8 Å². The molecule has 50 heavy (non-hydrogen) atoms. The number of ether oxygens (including phenoxy) is 2. The average molecular weight is 735 g/mol. The van der Waals surface area contributed by atoms with Gasteiger partial charge in [0.1, 0.15) is 35.8 Å². The van der Waals surface area contributed by atoms with E-state index < -0.39 is 52.4 Å². The van der Waals surface area contributed by atoms with Crippen LogP contribution < -0.4 is 14.2 Å². The zero-order valence-electron chi connectivity index (χ0n) is 27.4. The Balaban J connectivity index is 1.16. The van der Waals surface area contributed by atoms with Gasteiger partial charge in [-0.25, -0.2) is 13.1 Å². The minimum atomic E-state index is -3.93. The second kappa shape index (κ2) is 16.4. The highest BCUT2D eigenvalue weighted by Crippen LogP contribution is 2.53. The minimum Gasteiger partial charge on any atom is -0.619 e. The molecule has 1 heterocycles. The number of unbranched alkanes of at least 4 members (excludes halogenated alkanes) is 2. The van der Waals surface area contributed by atoms with Gasteiger partial charge in [-0.1, -0.05) is 36.2 Å². The van der Waals surface area contributed by atoms with Gasteiger partial charge in [-0.3, -0.25) is 4.79 Å². The van der Waals surface area contributed by atoms with E-state index in [1.165, 1.54) is 30.6 Å². The summed E-state index contributed by atoms with van der Waals surface area (Å²) in [5.41, 5.74) is 2.10. The number of hydrogen-bond acceptors (Lipinski definition) is 11. The van der Waals surface area contributed by atoms with Gasteiger partial charge in [0.2, 0.25) is 10.0 Å². The number of sulfonamides is 1. The van der Waals surface area contributed by atoms with Crippen molar-refractivity contribution in [3.63, 3.8) is 0 Å². The molecular weight excluding hydrogens is 692 g/mol. The quantitative estimate of drug-likeness (QED) is 0.0563. The molecule has 0 radical (unpaired) electrons. The lowest BCUT2D eigenvalue weighted by Gasteiger charge is -2.24. The van der Waals surface area contributed by atoms with Gasteiger partial charge in [0, 0.05) is 35.2 Å². The van der Waals surface area contributed by atoms with E-state index in [0.29, 0.717) is 41.8 Å². The van der Waals surface area contributed by atoms with Crippen molar-refractivity contribution in [2.75, 3.05) is 13.2 Å². The van der Waals surface area contributed by atoms with Crippen LogP contribution in [0.3, 0.4) is 0 Å². The van der Waals surface area contributed by atoms with Gasteiger partial charge in [0.15, 0.2) is 18.2 Å². The molecule has 2 saturated carbocycles. The number of nitrogens with one attached hydrogen (secondary N) is 1. The number of para-hydroxylation sites is 1. The Morgan fingerprint density at radius 2 is 1.76 bits per heavy atom. The molecule has 0 saturated heterocycles. The largest absolute Gasteiger partial charge is 0.619 e. The van der Waals surface area contributed by atoms with Crippen LogP contribution in [0, 0.1) is 5.21 Å². The SMILES string of the molecule is O=C(CCCCCNS(=O)(=O)c1ccc(Cl)c(COC2(c3c[n+]([O-])ccc3-c3ccccc3OC3CC3)CC2)c1)[C@@H](O)[C@@H](O)[C@H](O)[C@@H](O)CO. The van der Waals surface area contributed by atoms with Crippen LogP contribution in [0.1, 0.15) is 62.5 Å². The molecule has 2 aliphatic carbocycles. The number of aromatic nitrogens is 1. The zero-order valence-corrected chi connectivity index (χ0v) is 28.9. The number of benzene rings is 2. The van der Waals surface area contributed by atoms with Crippen LogP contribution in [0.5, 0.6) is 5.75 Å². The summed E-state index contributed by atoms with van der Waals surface area (Å²) < 4.78 is 42.1. The monoisotopic (exact) mass is 734 g/mol. The predicted octanol–water partition coefficient (Wildman–Crippen LogP) is 2.23. The molecule has 13 nitrogen and oxygen atoms in total. The molecule has 6 N–H and O–H groups in total. The van der Waals surface area contributed by atoms with Crippen LogP contribution in [0.25, 0.3) is 11.1 Å². The molecule has 0 amide bonds. The topological polar surface area (TPSA) is 210 Å². The first-order chi connectivity index (χ1) is 23.8. The fourth-order valence-corrected chi connectivity index (χ4v) is 6.93. The van der Waals surface area contributed by atoms with E-state index in [1.807, 2.05) is 24.3 Å². The third-order valence-electron chi connectivity index (χ3n) is 8.93. The number of aliphatic hydroxyl groups excluding tert-OH is 5. The summed E-state index contributed by atoms with van der Waals surface area (Å²) in [6.07, 6.45) is -0.118. The summed E-state index contributed by atoms with van der Waals surface area (Å²) in [5.74, 6) is -0.0156. The highest BCUT2D eigenvalue weighted by Gasteiger charge is 2.49. The number of nitrogens with zero attached hydrogens (tertiary/aromatic N) is 1. The first-order valence-corrected chi connectivity index (χ1v) is 18.5. The number of rotatable bonds is 20. The third-order valence-corrected chi connectivity index (χ3v) is 10.8. The molecule has 0 unspecified atom stereocenters. The third kappa shape index (κ3) is 9.37. The summed E-state index contributed by atoms with van der Waals surface area (Å²) >= 11 is 6.47. The fraction of sp³-hybridized carbons (Fsp3) is 0.486. The average Bonchev–Trinajstić information content (AvgIpc) is 4.05. The molecule has 3 aromatic rings. The lowest BCUT2D eigenvalue weighted by molar-refractivity contribution is -0.606. The lowest BCUT2D eigenvalue weighted by atomic mass is 9.96. The van der Waals surface area contributed by atoms with E-state index in [2.05, 4.69) is 4.72 Å². The van der Waals surface area contributed by atoms with Gasteiger partial charge >= 0.3 is 0 Å². The molecule has 5 rings (SSSR count). The van der Waals surface area contributed by atoms with Crippen molar-refractivity contribution in [1.82, 2.24) is 4.72 Å². The van der Waals surface area contributed by atoms with Gasteiger partial charge in [-0.05, 0) is 68.4 Å². The molecule has 0 spiro atoms. The van der Waals surface area contributed by atoms with Gasteiger partial charge in [-0.15, -0.1) is 0 Å². The maximum atomic E-state index is 13.1. The van der Waals surface area contributed by atoms with Crippen molar-refractivity contribution < 1.29 is 52.9 Å². The Hall–Kier alpha value is -3.18. The Bertz CT molecular complexity index is 1750. The normalized spacial score (nSPS) is 17.9. The Morgan fingerprint density at radius 1 is 1.02 bits per heavy atom. The van der Waals surface area contributed by atoms with Gasteiger partial charge in [-0.2, -0.15) is 4.73 Å². The molecule has 2 aromatic carbocycles. The minimum absolute atomic E-state index is 0.000170. The first-order valence-electron chi connectivity index (χ1n) is 16.6. The molecule has 4 atom stereocenters. The highest BCUT2D eigenvalue weighted by molar-refractivity contribution is 7.89. The lowest BCUT2D eigenvalue weighted by Crippen LogP contribution is -2.48. The van der Waals surface area contributed by atoms with E-state index in [9.17, 15) is 38.8 Å². The zero-order chi connectivity index (χ0) is 36.1. The van der Waals surface area contributed by atoms with Crippen LogP contribution in [-0.4, -0.2) is 83.4 Å². The molecule has 0 aliphatic heterocycles. The van der Waals surface area contributed by atoms with E-state index in [-0.39, 0.29) is 37.0 Å². The summed E-state index contributed by atoms with van der Waals surface area (Å²) in [6, 6.07) is 13.8. The molecule has 1 aromatic heterocycles. The number of hydrogen-bond donors (Lipinski definition) is 6. The van der Waals surface area contributed by atoms with Crippen molar-refractivity contribution in [1.29, 1.82) is 0 Å². The number of pyridine rings is 1. The maximum absolute atomic E-state index is 13.1. The first kappa shape index (κ1) is 38.1. The van der Waals surface area contributed by atoms with Crippen molar-refractivity contribution in [2.24, 2.45) is 0 Å². The second-order valence-electron chi connectivity index (χ2n) is 12.8. The molecular formula is C35H43ClN2O11S. The summed E-state index contributed by atoms with van der Waals surface area (Å²) in [4.78, 5) is 12.2. The number of carbonyl (C=O) groups excluding carboxylic acids is 1. The second-order valence-corrected chi connectivity index (χ2v) is 15.0. The van der Waals surface area contributed by atoms with E-state index in [1.54, 1.807) is 6.07 Å². The predicted molar refractivity (Wildman–Crippen MR) is 181 cm³/mol. The highest BCUT2D eigenvalue weighted by atomic mass is 35.5. The van der Waals surface area contributed by atoms with E-state index in [4.69, 9.17) is 26.2 Å².